The zero-order valence-electron chi connectivity index (χ0n) is 7.98. The molecule has 1 heterocycles. The Morgan fingerprint density at radius 3 is 2.86 bits per heavy atom. The molecule has 0 spiro atoms. The molecule has 0 bridgehead atoms. The lowest BCUT2D eigenvalue weighted by Crippen LogP contribution is -2.34. The highest BCUT2D eigenvalue weighted by Crippen LogP contribution is 2.23. The van der Waals surface area contributed by atoms with E-state index < -0.39 is 10.5 Å². The molecule has 1 atom stereocenters. The van der Waals surface area contributed by atoms with Gasteiger partial charge in [-0.15, -0.1) is 5.10 Å². The molecular weight excluding hydrogens is 188 g/mol. The van der Waals surface area contributed by atoms with Crippen LogP contribution in [-0.2, 0) is 10.3 Å². The summed E-state index contributed by atoms with van der Waals surface area (Å²) < 4.78 is 5.14. The minimum absolute atomic E-state index is 0.170. The van der Waals surface area contributed by atoms with Crippen LogP contribution >= 0.6 is 0 Å². The number of hydrogen-bond donors (Lipinski definition) is 2. The lowest BCUT2D eigenvalue weighted by molar-refractivity contribution is -0.389. The first kappa shape index (κ1) is 10.6. The Balaban J connectivity index is 3.01. The summed E-state index contributed by atoms with van der Waals surface area (Å²) in [5.74, 6) is -0.170. The van der Waals surface area contributed by atoms with Crippen LogP contribution in [0.2, 0.25) is 0 Å². The second-order valence-corrected chi connectivity index (χ2v) is 3.03. The molecule has 1 rings (SSSR count). The molecular formula is C7H12N4O3. The number of nitro groups is 1. The molecule has 1 unspecified atom stereocenters. The molecule has 1 aromatic heterocycles. The SMILES string of the molecule is COC(C)(CN)c1cc([N+](=O)[O-])[nH]n1. The first-order valence-electron chi connectivity index (χ1n) is 3.99. The van der Waals surface area contributed by atoms with Crippen LogP contribution in [0.25, 0.3) is 0 Å². The van der Waals surface area contributed by atoms with Crippen molar-refractivity contribution in [1.82, 2.24) is 10.2 Å². The smallest absolute Gasteiger partial charge is 0.342 e. The van der Waals surface area contributed by atoms with Gasteiger partial charge in [0.05, 0.1) is 6.07 Å². The average molecular weight is 200 g/mol. The van der Waals surface area contributed by atoms with E-state index in [2.05, 4.69) is 10.2 Å². The summed E-state index contributed by atoms with van der Waals surface area (Å²) in [5, 5.41) is 16.5. The Labute approximate surface area is 80.4 Å². The van der Waals surface area contributed by atoms with Crippen molar-refractivity contribution < 1.29 is 9.66 Å². The topological polar surface area (TPSA) is 107 Å². The second-order valence-electron chi connectivity index (χ2n) is 3.03. The Kier molecular flexibility index (Phi) is 2.82. The molecule has 0 saturated heterocycles. The number of methoxy groups -OCH3 is 1. The van der Waals surface area contributed by atoms with Gasteiger partial charge in [0.15, 0.2) is 0 Å². The van der Waals surface area contributed by atoms with Crippen molar-refractivity contribution in [2.75, 3.05) is 13.7 Å². The number of nitrogens with one attached hydrogen (secondary N) is 1. The van der Waals surface area contributed by atoms with E-state index in [1.165, 1.54) is 13.2 Å². The van der Waals surface area contributed by atoms with Gasteiger partial charge in [-0.3, -0.25) is 0 Å². The van der Waals surface area contributed by atoms with Crippen molar-refractivity contribution in [3.8, 4) is 0 Å². The van der Waals surface area contributed by atoms with E-state index in [0.29, 0.717) is 5.69 Å². The summed E-state index contributed by atoms with van der Waals surface area (Å²) in [7, 11) is 1.48. The minimum atomic E-state index is -0.787. The van der Waals surface area contributed by atoms with E-state index >= 15 is 0 Å². The molecule has 1 aromatic rings. The fourth-order valence-corrected chi connectivity index (χ4v) is 0.968. The third kappa shape index (κ3) is 1.73. The highest BCUT2D eigenvalue weighted by Gasteiger charge is 2.30. The number of rotatable bonds is 4. The molecule has 0 aliphatic heterocycles. The van der Waals surface area contributed by atoms with Gasteiger partial charge in [0.1, 0.15) is 11.3 Å². The predicted molar refractivity (Wildman–Crippen MR) is 48.7 cm³/mol. The summed E-state index contributed by atoms with van der Waals surface area (Å²) in [5.41, 5.74) is 5.12. The molecule has 0 fully saturated rings. The highest BCUT2D eigenvalue weighted by molar-refractivity contribution is 5.25. The molecule has 0 aromatic carbocycles. The first-order valence-corrected chi connectivity index (χ1v) is 3.99. The van der Waals surface area contributed by atoms with Gasteiger partial charge in [0, 0.05) is 13.7 Å². The summed E-state index contributed by atoms with van der Waals surface area (Å²) in [6.07, 6.45) is 0. The Morgan fingerprint density at radius 1 is 1.86 bits per heavy atom. The van der Waals surface area contributed by atoms with Crippen LogP contribution in [0.15, 0.2) is 6.07 Å². The van der Waals surface area contributed by atoms with Crippen molar-refractivity contribution in [2.24, 2.45) is 5.73 Å². The number of aromatic amines is 1. The van der Waals surface area contributed by atoms with Crippen LogP contribution in [0.4, 0.5) is 5.82 Å². The maximum Gasteiger partial charge on any atom is 0.342 e. The van der Waals surface area contributed by atoms with Crippen LogP contribution in [0.3, 0.4) is 0 Å². The van der Waals surface area contributed by atoms with Crippen LogP contribution in [0.1, 0.15) is 12.6 Å². The van der Waals surface area contributed by atoms with E-state index in [1.807, 2.05) is 0 Å². The van der Waals surface area contributed by atoms with Crippen LogP contribution in [0, 0.1) is 10.1 Å². The standard InChI is InChI=1S/C7H12N4O3/c1-7(4-8,14-2)5-3-6(10-9-5)11(12)13/h3H,4,8H2,1-2H3,(H,9,10). The number of aromatic nitrogens is 2. The fraction of sp³-hybridized carbons (Fsp3) is 0.571. The normalized spacial score (nSPS) is 15.1. The Bertz CT molecular complexity index is 331. The van der Waals surface area contributed by atoms with Crippen molar-refractivity contribution >= 4 is 5.82 Å². The van der Waals surface area contributed by atoms with E-state index in [1.54, 1.807) is 6.92 Å². The maximum absolute atomic E-state index is 10.4. The average Bonchev–Trinajstić information content (AvgIpc) is 2.66. The number of nitrogens with zero attached hydrogens (tertiary/aromatic N) is 2. The maximum atomic E-state index is 10.4. The lowest BCUT2D eigenvalue weighted by Gasteiger charge is -2.22. The molecule has 3 N–H and O–H groups in total. The van der Waals surface area contributed by atoms with Crippen molar-refractivity contribution in [3.05, 3.63) is 21.9 Å². The van der Waals surface area contributed by atoms with Gasteiger partial charge in [-0.05, 0) is 11.8 Å². The van der Waals surface area contributed by atoms with Gasteiger partial charge in [-0.2, -0.15) is 0 Å². The minimum Gasteiger partial charge on any atom is -0.371 e. The third-order valence-electron chi connectivity index (χ3n) is 2.14. The van der Waals surface area contributed by atoms with Gasteiger partial charge in [0.25, 0.3) is 0 Å². The van der Waals surface area contributed by atoms with Crippen molar-refractivity contribution in [1.29, 1.82) is 0 Å². The van der Waals surface area contributed by atoms with Crippen LogP contribution in [0.5, 0.6) is 0 Å². The zero-order chi connectivity index (χ0) is 10.8. The van der Waals surface area contributed by atoms with Gasteiger partial charge in [0.2, 0.25) is 0 Å². The number of H-pyrrole nitrogens is 1. The largest absolute Gasteiger partial charge is 0.371 e. The molecule has 7 heteroatoms. The predicted octanol–water partition coefficient (Wildman–Crippen LogP) is 0.138. The van der Waals surface area contributed by atoms with Crippen LogP contribution in [-0.4, -0.2) is 28.8 Å². The third-order valence-corrected chi connectivity index (χ3v) is 2.14. The molecule has 0 saturated carbocycles. The Morgan fingerprint density at radius 2 is 2.50 bits per heavy atom. The molecule has 78 valence electrons. The van der Waals surface area contributed by atoms with Gasteiger partial charge < -0.3 is 20.6 Å². The molecule has 0 aliphatic carbocycles. The quantitative estimate of drug-likeness (QED) is 0.531. The number of nitrogens with two attached hydrogens (primary N) is 1. The van der Waals surface area contributed by atoms with Crippen molar-refractivity contribution in [3.63, 3.8) is 0 Å². The summed E-state index contributed by atoms with van der Waals surface area (Å²) in [4.78, 5) is 9.83. The van der Waals surface area contributed by atoms with Crippen LogP contribution < -0.4 is 5.73 Å². The monoisotopic (exact) mass is 200 g/mol. The summed E-state index contributed by atoms with van der Waals surface area (Å²) in [6, 6.07) is 1.32. The molecule has 14 heavy (non-hydrogen) atoms. The van der Waals surface area contributed by atoms with Gasteiger partial charge >= 0.3 is 5.82 Å². The van der Waals surface area contributed by atoms with E-state index in [-0.39, 0.29) is 12.4 Å². The lowest BCUT2D eigenvalue weighted by atomic mass is 10.0. The number of ether oxygens (including phenoxy) is 1. The highest BCUT2D eigenvalue weighted by atomic mass is 16.6. The molecule has 0 radical (unpaired) electrons. The Hall–Kier alpha value is -1.47. The summed E-state index contributed by atoms with van der Waals surface area (Å²) >= 11 is 0. The first-order chi connectivity index (χ1) is 6.53. The molecule has 0 aliphatic rings. The van der Waals surface area contributed by atoms with E-state index in [9.17, 15) is 10.1 Å². The summed E-state index contributed by atoms with van der Waals surface area (Å²) in [6.45, 7) is 1.92. The van der Waals surface area contributed by atoms with Crippen molar-refractivity contribution in [2.45, 2.75) is 12.5 Å². The zero-order valence-corrected chi connectivity index (χ0v) is 7.98. The fourth-order valence-electron chi connectivity index (χ4n) is 0.968. The van der Waals surface area contributed by atoms with Gasteiger partial charge in [-0.25, -0.2) is 0 Å². The number of hydrogen-bond acceptors (Lipinski definition) is 5. The van der Waals surface area contributed by atoms with E-state index in [4.69, 9.17) is 10.5 Å². The van der Waals surface area contributed by atoms with E-state index in [0.717, 1.165) is 0 Å². The molecule has 0 amide bonds. The van der Waals surface area contributed by atoms with Gasteiger partial charge in [-0.1, -0.05) is 5.10 Å². The molecule has 7 nitrogen and oxygen atoms in total. The second kappa shape index (κ2) is 3.72.